The summed E-state index contributed by atoms with van der Waals surface area (Å²) in [6.07, 6.45) is 4.08. The van der Waals surface area contributed by atoms with Crippen LogP contribution in [0.4, 0.5) is 4.79 Å². The Bertz CT molecular complexity index is 670. The molecule has 0 fully saturated rings. The molecular formula is C22H31N2O5P. The fraction of sp³-hybridized carbons (Fsp3) is 0.364. The van der Waals surface area contributed by atoms with Crippen molar-refractivity contribution in [3.05, 3.63) is 60.7 Å². The monoisotopic (exact) mass is 434 g/mol. The maximum atomic E-state index is 11.9. The second-order valence-corrected chi connectivity index (χ2v) is 7.63. The highest BCUT2D eigenvalue weighted by Gasteiger charge is 2.17. The maximum Gasteiger partial charge on any atom is 0.407 e. The topological polar surface area (TPSA) is 99.9 Å². The number of unbranched alkanes of at least 4 members (excludes halogenated alkanes) is 3. The van der Waals surface area contributed by atoms with Crippen molar-refractivity contribution in [1.29, 1.82) is 0 Å². The van der Waals surface area contributed by atoms with E-state index in [1.165, 1.54) is 6.92 Å². The van der Waals surface area contributed by atoms with E-state index in [1.54, 1.807) is 0 Å². The highest BCUT2D eigenvalue weighted by Crippen LogP contribution is 2.39. The van der Waals surface area contributed by atoms with Gasteiger partial charge in [-0.15, -0.1) is 0 Å². The number of alkyl carbamates (subject to hydrolysis) is 1. The van der Waals surface area contributed by atoms with Crippen molar-refractivity contribution in [2.75, 3.05) is 12.9 Å². The number of carbonyl (C=O) groups is 2. The third kappa shape index (κ3) is 13.4. The second kappa shape index (κ2) is 16.1. The average Bonchev–Trinajstić information content (AvgIpc) is 2.73. The molecule has 2 aromatic carbocycles. The Kier molecular flexibility index (Phi) is 13.5. The standard InChI is InChI=1S/C20H26NO4P.C2H5NO/c1-2-3-4-11-16-23-20(22)21-17-26(24-18-12-7-5-8-13-18)25-19-14-9-6-10-15-19;1-2(3)4/h5-10,12-15H,2-4,11,16-17H2,1H3,(H,21,22);1H3,(H2,3,4). The number of primary amides is 1. The Labute approximate surface area is 179 Å². The molecule has 8 heteroatoms. The lowest BCUT2D eigenvalue weighted by Gasteiger charge is -2.19. The van der Waals surface area contributed by atoms with Crippen molar-refractivity contribution in [2.24, 2.45) is 5.73 Å². The summed E-state index contributed by atoms with van der Waals surface area (Å²) in [4.78, 5) is 21.1. The zero-order valence-corrected chi connectivity index (χ0v) is 18.5. The highest BCUT2D eigenvalue weighted by molar-refractivity contribution is 7.48. The van der Waals surface area contributed by atoms with Crippen molar-refractivity contribution in [2.45, 2.75) is 39.5 Å². The third-order valence-electron chi connectivity index (χ3n) is 3.48. The van der Waals surface area contributed by atoms with Gasteiger partial charge in [-0.05, 0) is 30.7 Å². The normalized spacial score (nSPS) is 9.83. The summed E-state index contributed by atoms with van der Waals surface area (Å²) in [6, 6.07) is 18.8. The number of rotatable bonds is 11. The van der Waals surface area contributed by atoms with Gasteiger partial charge in [0.25, 0.3) is 0 Å². The Hall–Kier alpha value is -2.79. The largest absolute Gasteiger partial charge is 0.450 e. The molecule has 0 aliphatic carbocycles. The molecular weight excluding hydrogens is 403 g/mol. The summed E-state index contributed by atoms with van der Waals surface area (Å²) >= 11 is 0. The van der Waals surface area contributed by atoms with Crippen LogP contribution in [0.25, 0.3) is 0 Å². The summed E-state index contributed by atoms with van der Waals surface area (Å²) < 4.78 is 17.0. The van der Waals surface area contributed by atoms with Gasteiger partial charge in [0.1, 0.15) is 17.8 Å². The van der Waals surface area contributed by atoms with Crippen molar-refractivity contribution in [3.8, 4) is 11.5 Å². The molecule has 0 bridgehead atoms. The molecule has 3 N–H and O–H groups in total. The maximum absolute atomic E-state index is 11.9. The number of nitrogens with one attached hydrogen (secondary N) is 1. The molecule has 164 valence electrons. The van der Waals surface area contributed by atoms with E-state index in [0.29, 0.717) is 18.1 Å². The molecule has 7 nitrogen and oxygen atoms in total. The number of para-hydroxylation sites is 2. The van der Waals surface area contributed by atoms with Crippen LogP contribution in [0.3, 0.4) is 0 Å². The molecule has 2 rings (SSSR count). The first-order valence-electron chi connectivity index (χ1n) is 9.91. The van der Waals surface area contributed by atoms with Crippen LogP contribution in [0.1, 0.15) is 39.5 Å². The Morgan fingerprint density at radius 2 is 1.40 bits per heavy atom. The Balaban J connectivity index is 0.00000103. The minimum Gasteiger partial charge on any atom is -0.450 e. The number of carbonyl (C=O) groups excluding carboxylic acids is 2. The summed E-state index contributed by atoms with van der Waals surface area (Å²) in [5.74, 6) is 1.06. The van der Waals surface area contributed by atoms with Gasteiger partial charge in [-0.2, -0.15) is 0 Å². The molecule has 30 heavy (non-hydrogen) atoms. The molecule has 0 radical (unpaired) electrons. The van der Waals surface area contributed by atoms with E-state index in [4.69, 9.17) is 13.8 Å². The van der Waals surface area contributed by atoms with Crippen LogP contribution in [0.2, 0.25) is 0 Å². The predicted octanol–water partition coefficient (Wildman–Crippen LogP) is 5.21. The lowest BCUT2D eigenvalue weighted by molar-refractivity contribution is -0.115. The number of nitrogens with two attached hydrogens (primary N) is 1. The number of ether oxygens (including phenoxy) is 1. The van der Waals surface area contributed by atoms with E-state index in [0.717, 1.165) is 25.7 Å². The predicted molar refractivity (Wildman–Crippen MR) is 119 cm³/mol. The fourth-order valence-electron chi connectivity index (χ4n) is 2.15. The van der Waals surface area contributed by atoms with Gasteiger partial charge >= 0.3 is 14.5 Å². The van der Waals surface area contributed by atoms with Crippen LogP contribution >= 0.6 is 8.38 Å². The average molecular weight is 434 g/mol. The van der Waals surface area contributed by atoms with Crippen molar-refractivity contribution in [3.63, 3.8) is 0 Å². The van der Waals surface area contributed by atoms with Crippen molar-refractivity contribution >= 4 is 20.4 Å². The van der Waals surface area contributed by atoms with Crippen LogP contribution in [-0.2, 0) is 9.53 Å². The van der Waals surface area contributed by atoms with E-state index >= 15 is 0 Å². The number of amides is 2. The van der Waals surface area contributed by atoms with E-state index < -0.39 is 14.5 Å². The second-order valence-electron chi connectivity index (χ2n) is 6.28. The molecule has 0 heterocycles. The molecule has 0 aliphatic rings. The highest BCUT2D eigenvalue weighted by atomic mass is 31.2. The number of benzene rings is 2. The molecule has 2 aromatic rings. The van der Waals surface area contributed by atoms with Crippen molar-refractivity contribution in [1.82, 2.24) is 5.32 Å². The molecule has 0 atom stereocenters. The van der Waals surface area contributed by atoms with Crippen LogP contribution in [0.5, 0.6) is 11.5 Å². The van der Waals surface area contributed by atoms with Gasteiger partial charge in [-0.1, -0.05) is 62.6 Å². The van der Waals surface area contributed by atoms with E-state index in [1.807, 2.05) is 60.7 Å². The Morgan fingerprint density at radius 3 is 1.87 bits per heavy atom. The molecule has 0 saturated carbocycles. The van der Waals surface area contributed by atoms with Gasteiger partial charge in [0.2, 0.25) is 5.91 Å². The van der Waals surface area contributed by atoms with E-state index in [9.17, 15) is 9.59 Å². The quantitative estimate of drug-likeness (QED) is 0.373. The van der Waals surface area contributed by atoms with E-state index in [2.05, 4.69) is 18.0 Å². The summed E-state index contributed by atoms with van der Waals surface area (Å²) in [5, 5.41) is 2.73. The number of hydrogen-bond donors (Lipinski definition) is 2. The minimum atomic E-state index is -1.38. The van der Waals surface area contributed by atoms with Crippen LogP contribution in [-0.4, -0.2) is 24.9 Å². The third-order valence-corrected chi connectivity index (χ3v) is 4.73. The van der Waals surface area contributed by atoms with E-state index in [-0.39, 0.29) is 12.2 Å². The Morgan fingerprint density at radius 1 is 0.900 bits per heavy atom. The first-order valence-corrected chi connectivity index (χ1v) is 11.3. The summed E-state index contributed by atoms with van der Waals surface area (Å²) in [7, 11) is -1.38. The summed E-state index contributed by atoms with van der Waals surface area (Å²) in [6.45, 7) is 3.89. The first-order chi connectivity index (χ1) is 14.5. The van der Waals surface area contributed by atoms with Gasteiger partial charge in [-0.25, -0.2) is 4.79 Å². The molecule has 0 aromatic heterocycles. The lowest BCUT2D eigenvalue weighted by Crippen LogP contribution is -2.26. The zero-order chi connectivity index (χ0) is 22.0. The van der Waals surface area contributed by atoms with Gasteiger partial charge < -0.3 is 24.8 Å². The van der Waals surface area contributed by atoms with Gasteiger partial charge in [0, 0.05) is 6.92 Å². The van der Waals surface area contributed by atoms with Gasteiger partial charge in [0.05, 0.1) is 6.61 Å². The molecule has 2 amide bonds. The molecule has 0 saturated heterocycles. The summed E-state index contributed by atoms with van der Waals surface area (Å²) in [5.41, 5.74) is 4.47. The fourth-order valence-corrected chi connectivity index (χ4v) is 3.29. The van der Waals surface area contributed by atoms with Crippen molar-refractivity contribution < 1.29 is 23.4 Å². The van der Waals surface area contributed by atoms with Gasteiger partial charge in [0.15, 0.2) is 0 Å². The smallest absolute Gasteiger partial charge is 0.407 e. The number of hydrogen-bond acceptors (Lipinski definition) is 5. The lowest BCUT2D eigenvalue weighted by atomic mass is 10.2. The molecule has 0 unspecified atom stereocenters. The minimum absolute atomic E-state index is 0.243. The van der Waals surface area contributed by atoms with Crippen LogP contribution in [0, 0.1) is 0 Å². The zero-order valence-electron chi connectivity index (χ0n) is 17.6. The van der Waals surface area contributed by atoms with Gasteiger partial charge in [-0.3, -0.25) is 4.79 Å². The first kappa shape index (κ1) is 25.2. The van der Waals surface area contributed by atoms with Crippen LogP contribution < -0.4 is 20.1 Å². The molecule has 0 spiro atoms. The molecule has 0 aliphatic heterocycles. The SMILES string of the molecule is CC(N)=O.CCCCCCOC(=O)NCP(Oc1ccccc1)Oc1ccccc1. The van der Waals surface area contributed by atoms with Crippen LogP contribution in [0.15, 0.2) is 60.7 Å².